The van der Waals surface area contributed by atoms with Crippen LogP contribution in [0.25, 0.3) is 11.0 Å². The van der Waals surface area contributed by atoms with Crippen LogP contribution in [0.4, 0.5) is 8.78 Å². The highest BCUT2D eigenvalue weighted by atomic mass is 19.3. The third kappa shape index (κ3) is 1.37. The van der Waals surface area contributed by atoms with Crippen LogP contribution in [0.3, 0.4) is 0 Å². The lowest BCUT2D eigenvalue weighted by Gasteiger charge is -1.93. The summed E-state index contributed by atoms with van der Waals surface area (Å²) in [7, 11) is 0. The monoisotopic (exact) mass is 183 g/mol. The molecule has 0 saturated heterocycles. The summed E-state index contributed by atoms with van der Waals surface area (Å²) in [5.74, 6) is 0. The molecule has 0 fully saturated rings. The zero-order valence-corrected chi connectivity index (χ0v) is 6.91. The molecule has 2 heterocycles. The fourth-order valence-electron chi connectivity index (χ4n) is 1.13. The summed E-state index contributed by atoms with van der Waals surface area (Å²) in [5.41, 5.74) is 1.78. The minimum atomic E-state index is -2.60. The highest BCUT2D eigenvalue weighted by Crippen LogP contribution is 2.15. The number of aromatic nitrogens is 3. The number of hydrogen-bond acceptors (Lipinski definition) is 2. The zero-order chi connectivity index (χ0) is 9.42. The minimum absolute atomic E-state index is 0.492. The summed E-state index contributed by atoms with van der Waals surface area (Å²) in [6.45, 7) is -0.798. The number of pyridine rings is 1. The van der Waals surface area contributed by atoms with E-state index in [0.29, 0.717) is 15.7 Å². The Morgan fingerprint density at radius 1 is 1.31 bits per heavy atom. The van der Waals surface area contributed by atoms with Gasteiger partial charge in [-0.3, -0.25) is 0 Å². The van der Waals surface area contributed by atoms with Crippen LogP contribution >= 0.6 is 0 Å². The first-order valence-corrected chi connectivity index (χ1v) is 3.77. The molecule has 0 radical (unpaired) electrons. The quantitative estimate of drug-likeness (QED) is 0.678. The van der Waals surface area contributed by atoms with Gasteiger partial charge in [-0.1, -0.05) is 0 Å². The summed E-state index contributed by atoms with van der Waals surface area (Å²) in [5, 5.41) is 3.66. The molecule has 0 amide bonds. The molecule has 13 heavy (non-hydrogen) atoms. The van der Waals surface area contributed by atoms with Crippen molar-refractivity contribution in [2.24, 2.45) is 0 Å². The van der Waals surface area contributed by atoms with E-state index in [9.17, 15) is 8.78 Å². The van der Waals surface area contributed by atoms with Crippen molar-refractivity contribution in [1.82, 2.24) is 14.8 Å². The number of aryl methyl sites for hydroxylation is 1. The molecule has 0 aliphatic heterocycles. The van der Waals surface area contributed by atoms with E-state index in [1.54, 1.807) is 19.1 Å². The largest absolute Gasteiger partial charge is 0.333 e. The van der Waals surface area contributed by atoms with Crippen molar-refractivity contribution in [2.45, 2.75) is 13.5 Å². The Balaban J connectivity index is 2.62. The van der Waals surface area contributed by atoms with Crippen molar-refractivity contribution in [3.8, 4) is 0 Å². The van der Waals surface area contributed by atoms with Crippen LogP contribution in [-0.2, 0) is 0 Å². The first-order chi connectivity index (χ1) is 6.16. The van der Waals surface area contributed by atoms with Gasteiger partial charge in [-0.2, -0.15) is 13.9 Å². The molecule has 0 saturated carbocycles. The molecule has 0 unspecified atom stereocenters. The Labute approximate surface area is 73.0 Å². The Bertz CT molecular complexity index is 436. The Hall–Kier alpha value is -1.52. The van der Waals surface area contributed by atoms with Gasteiger partial charge in [0.1, 0.15) is 11.0 Å². The van der Waals surface area contributed by atoms with Gasteiger partial charge in [-0.25, -0.2) is 9.67 Å². The number of hydrogen-bond donors (Lipinski definition) is 0. The summed E-state index contributed by atoms with van der Waals surface area (Å²) in [6.07, 6.45) is 1.24. The number of fused-ring (bicyclic) bond motifs is 1. The van der Waals surface area contributed by atoms with E-state index in [2.05, 4.69) is 10.1 Å². The van der Waals surface area contributed by atoms with Crippen molar-refractivity contribution < 1.29 is 8.78 Å². The van der Waals surface area contributed by atoms with E-state index >= 15 is 0 Å². The fourth-order valence-corrected chi connectivity index (χ4v) is 1.13. The normalized spacial score (nSPS) is 11.4. The van der Waals surface area contributed by atoms with Gasteiger partial charge in [0.2, 0.25) is 0 Å². The second kappa shape index (κ2) is 2.76. The summed E-state index contributed by atoms with van der Waals surface area (Å²) < 4.78 is 25.0. The summed E-state index contributed by atoms with van der Waals surface area (Å²) >= 11 is 0. The smallest absolute Gasteiger partial charge is 0.250 e. The van der Waals surface area contributed by atoms with E-state index in [0.717, 1.165) is 5.69 Å². The zero-order valence-electron chi connectivity index (χ0n) is 6.91. The molecule has 0 aromatic carbocycles. The van der Waals surface area contributed by atoms with Gasteiger partial charge in [-0.05, 0) is 19.1 Å². The molecule has 3 nitrogen and oxygen atoms in total. The van der Waals surface area contributed by atoms with E-state index in [1.807, 2.05) is 0 Å². The van der Waals surface area contributed by atoms with Gasteiger partial charge in [0.25, 0.3) is 0 Å². The van der Waals surface area contributed by atoms with Crippen LogP contribution in [0, 0.1) is 6.92 Å². The van der Waals surface area contributed by atoms with Gasteiger partial charge in [0, 0.05) is 5.69 Å². The first-order valence-electron chi connectivity index (χ1n) is 3.77. The number of rotatable bonds is 1. The van der Waals surface area contributed by atoms with Crippen molar-refractivity contribution in [1.29, 1.82) is 0 Å². The maximum absolute atomic E-state index is 12.2. The number of nitrogens with zero attached hydrogens (tertiary/aromatic N) is 3. The molecule has 0 aliphatic rings. The molecule has 0 atom stereocenters. The molecule has 2 aromatic rings. The highest BCUT2D eigenvalue weighted by molar-refractivity contribution is 5.73. The lowest BCUT2D eigenvalue weighted by molar-refractivity contribution is 0.0573. The maximum Gasteiger partial charge on any atom is 0.333 e. The summed E-state index contributed by atoms with van der Waals surface area (Å²) in [4.78, 5) is 4.06. The standard InChI is InChI=1S/C8H7F2N3/c1-5-2-3-6-7(11-5)4-13(12-6)8(9)10/h2-4,8H,1H3. The van der Waals surface area contributed by atoms with Crippen LogP contribution < -0.4 is 0 Å². The predicted octanol–water partition coefficient (Wildman–Crippen LogP) is 2.13. The molecule has 0 bridgehead atoms. The maximum atomic E-state index is 12.2. The third-order valence-electron chi connectivity index (χ3n) is 1.72. The fraction of sp³-hybridized carbons (Fsp3) is 0.250. The Kier molecular flexibility index (Phi) is 1.72. The van der Waals surface area contributed by atoms with Crippen molar-refractivity contribution in [2.75, 3.05) is 0 Å². The molecule has 0 N–H and O–H groups in total. The topological polar surface area (TPSA) is 30.7 Å². The van der Waals surface area contributed by atoms with Crippen LogP contribution in [0.5, 0.6) is 0 Å². The van der Waals surface area contributed by atoms with Crippen LogP contribution in [-0.4, -0.2) is 14.8 Å². The molecule has 2 aromatic heterocycles. The van der Waals surface area contributed by atoms with E-state index < -0.39 is 6.55 Å². The SMILES string of the molecule is Cc1ccc2nn(C(F)F)cc2n1. The second-order valence-electron chi connectivity index (χ2n) is 2.74. The number of halogens is 2. The van der Waals surface area contributed by atoms with Gasteiger partial charge >= 0.3 is 6.55 Å². The molecule has 0 spiro atoms. The number of alkyl halides is 2. The first kappa shape index (κ1) is 8.10. The second-order valence-corrected chi connectivity index (χ2v) is 2.74. The molecular weight excluding hydrogens is 176 g/mol. The van der Waals surface area contributed by atoms with Crippen LogP contribution in [0.2, 0.25) is 0 Å². The Morgan fingerprint density at radius 3 is 2.77 bits per heavy atom. The predicted molar refractivity (Wildman–Crippen MR) is 43.5 cm³/mol. The average Bonchev–Trinajstić information content (AvgIpc) is 2.46. The molecule has 0 aliphatic carbocycles. The third-order valence-corrected chi connectivity index (χ3v) is 1.72. The van der Waals surface area contributed by atoms with E-state index in [4.69, 9.17) is 0 Å². The molecular formula is C8H7F2N3. The van der Waals surface area contributed by atoms with E-state index in [1.165, 1.54) is 6.20 Å². The average molecular weight is 183 g/mol. The van der Waals surface area contributed by atoms with Gasteiger partial charge < -0.3 is 0 Å². The van der Waals surface area contributed by atoms with Crippen LogP contribution in [0.15, 0.2) is 18.3 Å². The Morgan fingerprint density at radius 2 is 2.08 bits per heavy atom. The van der Waals surface area contributed by atoms with Crippen molar-refractivity contribution in [3.05, 3.63) is 24.0 Å². The van der Waals surface area contributed by atoms with Gasteiger partial charge in [0.05, 0.1) is 6.20 Å². The van der Waals surface area contributed by atoms with Gasteiger partial charge in [0.15, 0.2) is 0 Å². The summed E-state index contributed by atoms with van der Waals surface area (Å²) in [6, 6.07) is 3.42. The molecule has 2 rings (SSSR count). The molecule has 68 valence electrons. The van der Waals surface area contributed by atoms with Crippen molar-refractivity contribution in [3.63, 3.8) is 0 Å². The van der Waals surface area contributed by atoms with Gasteiger partial charge in [-0.15, -0.1) is 0 Å². The van der Waals surface area contributed by atoms with Crippen molar-refractivity contribution >= 4 is 11.0 Å². The highest BCUT2D eigenvalue weighted by Gasteiger charge is 2.08. The van der Waals surface area contributed by atoms with E-state index in [-0.39, 0.29) is 0 Å². The molecule has 5 heteroatoms. The van der Waals surface area contributed by atoms with Crippen LogP contribution in [0.1, 0.15) is 12.2 Å². The lowest BCUT2D eigenvalue weighted by atomic mass is 10.3. The minimum Gasteiger partial charge on any atom is -0.250 e. The lowest BCUT2D eigenvalue weighted by Crippen LogP contribution is -1.96.